The Hall–Kier alpha value is -2.77. The minimum absolute atomic E-state index is 0.288. The maximum atomic E-state index is 13.3. The van der Waals surface area contributed by atoms with Gasteiger partial charge < -0.3 is 9.47 Å². The lowest BCUT2D eigenvalue weighted by Crippen LogP contribution is -2.56. The Labute approximate surface area is 156 Å². The fraction of sp³-hybridized carbons (Fsp3) is 0.474. The van der Waals surface area contributed by atoms with Gasteiger partial charge in [0, 0.05) is 5.92 Å². The zero-order valence-corrected chi connectivity index (χ0v) is 15.5. The van der Waals surface area contributed by atoms with Crippen LogP contribution in [0.4, 0.5) is 4.39 Å². The van der Waals surface area contributed by atoms with E-state index in [0.717, 1.165) is 12.1 Å². The molecule has 8 heteroatoms. The van der Waals surface area contributed by atoms with Gasteiger partial charge in [-0.1, -0.05) is 12.1 Å². The highest BCUT2D eigenvalue weighted by molar-refractivity contribution is 6.14. The van der Waals surface area contributed by atoms with E-state index in [1.54, 1.807) is 27.7 Å². The highest BCUT2D eigenvalue weighted by Gasteiger charge is 2.52. The molecule has 146 valence electrons. The second-order valence-corrected chi connectivity index (χ2v) is 6.86. The summed E-state index contributed by atoms with van der Waals surface area (Å²) in [4.78, 5) is 49.9. The van der Waals surface area contributed by atoms with Gasteiger partial charge in [0.25, 0.3) is 0 Å². The number of ether oxygens (including phenoxy) is 2. The zero-order chi connectivity index (χ0) is 20.3. The van der Waals surface area contributed by atoms with Crippen LogP contribution in [0.5, 0.6) is 0 Å². The first-order chi connectivity index (χ1) is 12.6. The van der Waals surface area contributed by atoms with Crippen LogP contribution < -0.4 is 5.32 Å². The molecule has 1 unspecified atom stereocenters. The quantitative estimate of drug-likeness (QED) is 0.475. The number of esters is 2. The molecule has 1 fully saturated rings. The molecule has 1 aliphatic rings. The van der Waals surface area contributed by atoms with Crippen LogP contribution >= 0.6 is 0 Å². The van der Waals surface area contributed by atoms with E-state index in [-0.39, 0.29) is 5.56 Å². The third-order valence-electron chi connectivity index (χ3n) is 4.00. The van der Waals surface area contributed by atoms with Gasteiger partial charge in [0.1, 0.15) is 17.7 Å². The Morgan fingerprint density at radius 2 is 1.30 bits per heavy atom. The number of nitrogens with one attached hydrogen (secondary N) is 1. The molecule has 0 spiro atoms. The van der Waals surface area contributed by atoms with Gasteiger partial charge in [0.05, 0.1) is 12.2 Å². The number of hydrogen-bond acceptors (Lipinski definition) is 6. The van der Waals surface area contributed by atoms with E-state index < -0.39 is 59.5 Å². The summed E-state index contributed by atoms with van der Waals surface area (Å²) < 4.78 is 23.6. The van der Waals surface area contributed by atoms with Gasteiger partial charge in [-0.25, -0.2) is 4.39 Å². The molecule has 27 heavy (non-hydrogen) atoms. The second kappa shape index (κ2) is 8.28. The summed E-state index contributed by atoms with van der Waals surface area (Å²) >= 11 is 0. The van der Waals surface area contributed by atoms with Gasteiger partial charge in [-0.2, -0.15) is 0 Å². The average Bonchev–Trinajstić information content (AvgIpc) is 2.53. The molecule has 0 bridgehead atoms. The number of rotatable bonds is 5. The Bertz CT molecular complexity index is 703. The van der Waals surface area contributed by atoms with Gasteiger partial charge in [0.15, 0.2) is 0 Å². The van der Waals surface area contributed by atoms with Crippen LogP contribution in [-0.4, -0.2) is 36.0 Å². The molecule has 3 atom stereocenters. The van der Waals surface area contributed by atoms with Crippen LogP contribution in [0.1, 0.15) is 39.2 Å². The molecule has 0 saturated carbocycles. The van der Waals surface area contributed by atoms with Gasteiger partial charge in [0.2, 0.25) is 11.8 Å². The van der Waals surface area contributed by atoms with Crippen LogP contribution in [0.3, 0.4) is 0 Å². The molecule has 1 saturated heterocycles. The lowest BCUT2D eigenvalue weighted by atomic mass is 9.73. The minimum Gasteiger partial charge on any atom is -0.462 e. The average molecular weight is 379 g/mol. The largest absolute Gasteiger partial charge is 0.462 e. The minimum atomic E-state index is -1.44. The summed E-state index contributed by atoms with van der Waals surface area (Å²) in [6.45, 7) is 6.45. The third kappa shape index (κ3) is 4.69. The van der Waals surface area contributed by atoms with Crippen molar-refractivity contribution in [2.24, 2.45) is 11.8 Å². The van der Waals surface area contributed by atoms with E-state index in [4.69, 9.17) is 9.47 Å². The van der Waals surface area contributed by atoms with Crippen molar-refractivity contribution >= 4 is 23.8 Å². The monoisotopic (exact) mass is 379 g/mol. The van der Waals surface area contributed by atoms with Gasteiger partial charge >= 0.3 is 11.9 Å². The van der Waals surface area contributed by atoms with E-state index in [0.29, 0.717) is 0 Å². The first kappa shape index (κ1) is 20.5. The van der Waals surface area contributed by atoms with Crippen molar-refractivity contribution in [3.05, 3.63) is 35.6 Å². The number of carbonyl (C=O) groups is 4. The van der Waals surface area contributed by atoms with Gasteiger partial charge in [-0.05, 0) is 45.4 Å². The molecule has 0 aromatic heterocycles. The molecule has 1 aromatic carbocycles. The van der Waals surface area contributed by atoms with Gasteiger partial charge in [-0.15, -0.1) is 0 Å². The summed E-state index contributed by atoms with van der Waals surface area (Å²) in [5, 5.41) is 2.05. The van der Waals surface area contributed by atoms with Crippen LogP contribution in [0.15, 0.2) is 24.3 Å². The number of benzene rings is 1. The van der Waals surface area contributed by atoms with Crippen molar-refractivity contribution in [1.29, 1.82) is 0 Å². The topological polar surface area (TPSA) is 98.8 Å². The zero-order valence-electron chi connectivity index (χ0n) is 15.5. The van der Waals surface area contributed by atoms with Crippen molar-refractivity contribution in [2.75, 3.05) is 0 Å². The number of carbonyl (C=O) groups excluding carboxylic acids is 4. The van der Waals surface area contributed by atoms with Crippen molar-refractivity contribution in [3.8, 4) is 0 Å². The Kier molecular flexibility index (Phi) is 6.30. The predicted octanol–water partition coefficient (Wildman–Crippen LogP) is 1.70. The highest BCUT2D eigenvalue weighted by Crippen LogP contribution is 2.38. The van der Waals surface area contributed by atoms with Crippen LogP contribution in [-0.2, 0) is 28.7 Å². The van der Waals surface area contributed by atoms with E-state index >= 15 is 0 Å². The summed E-state index contributed by atoms with van der Waals surface area (Å²) in [7, 11) is 0. The number of piperidine rings is 1. The molecule has 1 aliphatic heterocycles. The number of halogens is 1. The van der Waals surface area contributed by atoms with Crippen molar-refractivity contribution < 1.29 is 33.0 Å². The second-order valence-electron chi connectivity index (χ2n) is 6.86. The fourth-order valence-electron chi connectivity index (χ4n) is 2.98. The molecule has 1 N–H and O–H groups in total. The summed E-state index contributed by atoms with van der Waals surface area (Å²) in [5.41, 5.74) is 0.288. The van der Waals surface area contributed by atoms with Crippen molar-refractivity contribution in [1.82, 2.24) is 5.32 Å². The fourth-order valence-corrected chi connectivity index (χ4v) is 2.98. The lowest BCUT2D eigenvalue weighted by molar-refractivity contribution is -0.166. The molecule has 1 aromatic rings. The highest BCUT2D eigenvalue weighted by atomic mass is 19.1. The molecule has 7 nitrogen and oxygen atoms in total. The van der Waals surface area contributed by atoms with Crippen LogP contribution in [0.2, 0.25) is 0 Å². The third-order valence-corrected chi connectivity index (χ3v) is 4.00. The SMILES string of the molecule is CC(C)OC(=O)[C@H]1C(=O)NC(=O)[C@@H](C(=O)OC(C)C)C1c1ccc(F)cc1. The summed E-state index contributed by atoms with van der Waals surface area (Å²) in [5.74, 6) is -8.06. The molecule has 1 heterocycles. The Balaban J connectivity index is 2.53. The molecule has 0 aliphatic carbocycles. The number of hydrogen-bond donors (Lipinski definition) is 1. The van der Waals surface area contributed by atoms with E-state index in [1.807, 2.05) is 5.32 Å². The maximum Gasteiger partial charge on any atom is 0.319 e. The Morgan fingerprint density at radius 1 is 0.889 bits per heavy atom. The molecule has 2 rings (SSSR count). The molecule has 0 radical (unpaired) electrons. The molecular weight excluding hydrogens is 357 g/mol. The van der Waals surface area contributed by atoms with E-state index in [9.17, 15) is 23.6 Å². The normalized spacial score (nSPS) is 22.6. The van der Waals surface area contributed by atoms with E-state index in [1.165, 1.54) is 12.1 Å². The van der Waals surface area contributed by atoms with Crippen LogP contribution in [0.25, 0.3) is 0 Å². The van der Waals surface area contributed by atoms with E-state index in [2.05, 4.69) is 0 Å². The lowest BCUT2D eigenvalue weighted by Gasteiger charge is -2.34. The summed E-state index contributed by atoms with van der Waals surface area (Å²) in [6, 6.07) is 4.92. The van der Waals surface area contributed by atoms with Gasteiger partial charge in [-0.3, -0.25) is 24.5 Å². The smallest absolute Gasteiger partial charge is 0.319 e. The maximum absolute atomic E-state index is 13.3. The standard InChI is InChI=1S/C19H22FNO6/c1-9(2)26-18(24)14-13(11-5-7-12(20)8-6-11)15(17(23)21-16(14)22)19(25)27-10(3)4/h5-10,13-15H,1-4H3,(H,21,22,23)/t13?,14-,15+. The molecular formula is C19H22FNO6. The van der Waals surface area contributed by atoms with Crippen LogP contribution in [0, 0.1) is 17.7 Å². The number of amides is 2. The predicted molar refractivity (Wildman–Crippen MR) is 91.7 cm³/mol. The first-order valence-electron chi connectivity index (χ1n) is 8.63. The Morgan fingerprint density at radius 3 is 1.67 bits per heavy atom. The summed E-state index contributed by atoms with van der Waals surface area (Å²) in [6.07, 6.45) is -1.00. The van der Waals surface area contributed by atoms with Crippen molar-refractivity contribution in [2.45, 2.75) is 45.8 Å². The first-order valence-corrected chi connectivity index (χ1v) is 8.63. The van der Waals surface area contributed by atoms with Crippen molar-refractivity contribution in [3.63, 3.8) is 0 Å². The molecule has 2 amide bonds. The number of imide groups is 1.